The van der Waals surface area contributed by atoms with E-state index >= 15 is 0 Å². The first-order chi connectivity index (χ1) is 7.49. The lowest BCUT2D eigenvalue weighted by Gasteiger charge is -2.25. The summed E-state index contributed by atoms with van der Waals surface area (Å²) in [6.45, 7) is 6.52. The van der Waals surface area contributed by atoms with Crippen molar-refractivity contribution < 1.29 is 9.53 Å². The predicted octanol–water partition coefficient (Wildman–Crippen LogP) is 2.12. The standard InChI is InChI=1S/C13H19NO2/c1-11(15)14-10-13(2,3)16-9-12-7-5-4-6-8-12/h4-8H,9-10H2,1-3H3,(H,14,15). The molecule has 0 saturated heterocycles. The minimum absolute atomic E-state index is 0.0311. The van der Waals surface area contributed by atoms with Gasteiger partial charge in [0.1, 0.15) is 0 Å². The molecule has 0 aliphatic heterocycles. The maximum Gasteiger partial charge on any atom is 0.216 e. The number of hydrogen-bond donors (Lipinski definition) is 1. The van der Waals surface area contributed by atoms with Crippen LogP contribution in [0.5, 0.6) is 0 Å². The van der Waals surface area contributed by atoms with Gasteiger partial charge in [-0.1, -0.05) is 30.3 Å². The van der Waals surface area contributed by atoms with E-state index in [-0.39, 0.29) is 11.5 Å². The highest BCUT2D eigenvalue weighted by Gasteiger charge is 2.18. The summed E-state index contributed by atoms with van der Waals surface area (Å²) >= 11 is 0. The molecule has 0 aromatic heterocycles. The zero-order valence-electron chi connectivity index (χ0n) is 10.1. The topological polar surface area (TPSA) is 38.3 Å². The third kappa shape index (κ3) is 4.94. The number of ether oxygens (including phenoxy) is 1. The zero-order valence-corrected chi connectivity index (χ0v) is 10.1. The molecule has 0 fully saturated rings. The lowest BCUT2D eigenvalue weighted by molar-refractivity contribution is -0.120. The van der Waals surface area contributed by atoms with Gasteiger partial charge >= 0.3 is 0 Å². The molecule has 0 radical (unpaired) electrons. The summed E-state index contributed by atoms with van der Waals surface area (Å²) in [7, 11) is 0. The van der Waals surface area contributed by atoms with E-state index in [0.717, 1.165) is 5.56 Å². The molecule has 1 aromatic rings. The van der Waals surface area contributed by atoms with E-state index in [2.05, 4.69) is 5.32 Å². The number of benzene rings is 1. The number of hydrogen-bond acceptors (Lipinski definition) is 2. The van der Waals surface area contributed by atoms with Crippen LogP contribution in [0.15, 0.2) is 30.3 Å². The minimum Gasteiger partial charge on any atom is -0.369 e. The summed E-state index contributed by atoms with van der Waals surface area (Å²) < 4.78 is 5.75. The Labute approximate surface area is 96.8 Å². The van der Waals surface area contributed by atoms with Crippen molar-refractivity contribution in [2.75, 3.05) is 6.54 Å². The summed E-state index contributed by atoms with van der Waals surface area (Å²) in [5, 5.41) is 2.76. The summed E-state index contributed by atoms with van der Waals surface area (Å²) in [6.07, 6.45) is 0. The molecule has 1 N–H and O–H groups in total. The van der Waals surface area contributed by atoms with Crippen LogP contribution < -0.4 is 5.32 Å². The number of nitrogens with one attached hydrogen (secondary N) is 1. The Morgan fingerprint density at radius 1 is 1.31 bits per heavy atom. The Hall–Kier alpha value is -1.35. The average molecular weight is 221 g/mol. The highest BCUT2D eigenvalue weighted by atomic mass is 16.5. The minimum atomic E-state index is -0.346. The SMILES string of the molecule is CC(=O)NCC(C)(C)OCc1ccccc1. The molecule has 1 amide bonds. The summed E-state index contributed by atoms with van der Waals surface area (Å²) in [4.78, 5) is 10.8. The molecule has 0 aliphatic rings. The normalized spacial score (nSPS) is 11.2. The van der Waals surface area contributed by atoms with E-state index in [9.17, 15) is 4.79 Å². The Morgan fingerprint density at radius 2 is 1.94 bits per heavy atom. The molecule has 0 unspecified atom stereocenters. The Kier molecular flexibility index (Phi) is 4.50. The van der Waals surface area contributed by atoms with Crippen molar-refractivity contribution in [3.05, 3.63) is 35.9 Å². The van der Waals surface area contributed by atoms with Crippen LogP contribution in [0.1, 0.15) is 26.3 Å². The fraction of sp³-hybridized carbons (Fsp3) is 0.462. The molecular formula is C13H19NO2. The highest BCUT2D eigenvalue weighted by Crippen LogP contribution is 2.11. The molecule has 88 valence electrons. The van der Waals surface area contributed by atoms with Crippen LogP contribution in [0.2, 0.25) is 0 Å². The largest absolute Gasteiger partial charge is 0.369 e. The van der Waals surface area contributed by atoms with Gasteiger partial charge in [-0.15, -0.1) is 0 Å². The third-order valence-corrected chi connectivity index (χ3v) is 2.24. The molecule has 1 rings (SSSR count). The van der Waals surface area contributed by atoms with Crippen molar-refractivity contribution >= 4 is 5.91 Å². The van der Waals surface area contributed by atoms with Crippen LogP contribution in [0.3, 0.4) is 0 Å². The molecule has 0 aliphatic carbocycles. The first kappa shape index (κ1) is 12.7. The van der Waals surface area contributed by atoms with E-state index in [1.165, 1.54) is 6.92 Å². The second kappa shape index (κ2) is 5.66. The van der Waals surface area contributed by atoms with Crippen LogP contribution >= 0.6 is 0 Å². The van der Waals surface area contributed by atoms with E-state index in [0.29, 0.717) is 13.2 Å². The van der Waals surface area contributed by atoms with Crippen molar-refractivity contribution in [1.29, 1.82) is 0 Å². The van der Waals surface area contributed by atoms with Crippen molar-refractivity contribution in [3.63, 3.8) is 0 Å². The lowest BCUT2D eigenvalue weighted by atomic mass is 10.1. The molecule has 0 heterocycles. The second-order valence-corrected chi connectivity index (χ2v) is 4.44. The van der Waals surface area contributed by atoms with Crippen molar-refractivity contribution in [2.45, 2.75) is 33.0 Å². The van der Waals surface area contributed by atoms with Gasteiger partial charge in [-0.2, -0.15) is 0 Å². The van der Waals surface area contributed by atoms with Gasteiger partial charge in [-0.05, 0) is 19.4 Å². The number of carbonyl (C=O) groups is 1. The van der Waals surface area contributed by atoms with Crippen molar-refractivity contribution in [2.24, 2.45) is 0 Å². The van der Waals surface area contributed by atoms with Gasteiger partial charge in [0.25, 0.3) is 0 Å². The third-order valence-electron chi connectivity index (χ3n) is 2.24. The summed E-state index contributed by atoms with van der Waals surface area (Å²) in [6, 6.07) is 9.99. The molecule has 0 spiro atoms. The summed E-state index contributed by atoms with van der Waals surface area (Å²) in [5.41, 5.74) is 0.792. The molecule has 3 nitrogen and oxygen atoms in total. The van der Waals surface area contributed by atoms with Crippen molar-refractivity contribution in [3.8, 4) is 0 Å². The molecule has 1 aromatic carbocycles. The lowest BCUT2D eigenvalue weighted by Crippen LogP contribution is -2.39. The monoisotopic (exact) mass is 221 g/mol. The Morgan fingerprint density at radius 3 is 2.50 bits per heavy atom. The van der Waals surface area contributed by atoms with E-state index in [1.807, 2.05) is 44.2 Å². The fourth-order valence-electron chi connectivity index (χ4n) is 1.24. The van der Waals surface area contributed by atoms with Crippen LogP contribution in [0, 0.1) is 0 Å². The number of carbonyl (C=O) groups excluding carboxylic acids is 1. The maximum atomic E-state index is 10.8. The molecule has 0 atom stereocenters. The zero-order chi connectivity index (χ0) is 12.0. The average Bonchev–Trinajstić information content (AvgIpc) is 2.26. The van der Waals surface area contributed by atoms with Gasteiger partial charge in [0.05, 0.1) is 12.2 Å². The van der Waals surface area contributed by atoms with Crippen molar-refractivity contribution in [1.82, 2.24) is 5.32 Å². The first-order valence-electron chi connectivity index (χ1n) is 5.42. The van der Waals surface area contributed by atoms with Crippen LogP contribution in [0.4, 0.5) is 0 Å². The first-order valence-corrected chi connectivity index (χ1v) is 5.42. The van der Waals surface area contributed by atoms with Crippen LogP contribution in [0.25, 0.3) is 0 Å². The van der Waals surface area contributed by atoms with E-state index in [4.69, 9.17) is 4.74 Å². The number of rotatable bonds is 5. The second-order valence-electron chi connectivity index (χ2n) is 4.44. The van der Waals surface area contributed by atoms with Gasteiger partial charge in [0, 0.05) is 13.5 Å². The molecule has 16 heavy (non-hydrogen) atoms. The molecule has 0 bridgehead atoms. The molecule has 3 heteroatoms. The van der Waals surface area contributed by atoms with E-state index in [1.54, 1.807) is 0 Å². The number of amides is 1. The molecule has 0 saturated carbocycles. The quantitative estimate of drug-likeness (QED) is 0.827. The van der Waals surface area contributed by atoms with Crippen LogP contribution in [-0.2, 0) is 16.1 Å². The highest BCUT2D eigenvalue weighted by molar-refractivity contribution is 5.72. The van der Waals surface area contributed by atoms with E-state index < -0.39 is 0 Å². The summed E-state index contributed by atoms with van der Waals surface area (Å²) in [5.74, 6) is -0.0311. The van der Waals surface area contributed by atoms with Gasteiger partial charge in [-0.3, -0.25) is 4.79 Å². The van der Waals surface area contributed by atoms with Gasteiger partial charge in [-0.25, -0.2) is 0 Å². The Balaban J connectivity index is 2.38. The van der Waals surface area contributed by atoms with Gasteiger partial charge in [0.15, 0.2) is 0 Å². The smallest absolute Gasteiger partial charge is 0.216 e. The van der Waals surface area contributed by atoms with Crippen LogP contribution in [-0.4, -0.2) is 18.1 Å². The molecular weight excluding hydrogens is 202 g/mol. The Bertz CT molecular complexity index is 333. The van der Waals surface area contributed by atoms with Gasteiger partial charge < -0.3 is 10.1 Å². The maximum absolute atomic E-state index is 10.8. The van der Waals surface area contributed by atoms with Gasteiger partial charge in [0.2, 0.25) is 5.91 Å². The predicted molar refractivity (Wildman–Crippen MR) is 64.0 cm³/mol. The fourth-order valence-corrected chi connectivity index (χ4v) is 1.24.